The number of rotatable bonds is 9. The average molecular weight is 379 g/mol. The van der Waals surface area contributed by atoms with Gasteiger partial charge in [0.2, 0.25) is 0 Å². The zero-order chi connectivity index (χ0) is 18.9. The zero-order valence-corrected chi connectivity index (χ0v) is 15.9. The molecule has 0 aliphatic rings. The molecule has 138 valence electrons. The van der Waals surface area contributed by atoms with E-state index in [0.717, 1.165) is 31.0 Å². The lowest BCUT2D eigenvalue weighted by molar-refractivity contribution is 0.140. The van der Waals surface area contributed by atoms with Gasteiger partial charge in [-0.2, -0.15) is 5.26 Å². The van der Waals surface area contributed by atoms with Gasteiger partial charge in [0, 0.05) is 32.9 Å². The second kappa shape index (κ2) is 9.78. The Morgan fingerprint density at radius 3 is 2.70 bits per heavy atom. The fourth-order valence-corrected chi connectivity index (χ4v) is 3.29. The van der Waals surface area contributed by atoms with E-state index in [1.165, 1.54) is 16.9 Å². The number of ether oxygens (including phenoxy) is 1. The molecule has 1 N–H and O–H groups in total. The highest BCUT2D eigenvalue weighted by atomic mass is 32.1. The van der Waals surface area contributed by atoms with Crippen LogP contribution in [0.4, 0.5) is 10.9 Å². The average Bonchev–Trinajstić information content (AvgIpc) is 3.15. The molecule has 0 unspecified atom stereocenters. The number of hydrogen-bond acceptors (Lipinski definition) is 7. The van der Waals surface area contributed by atoms with Crippen LogP contribution < -0.4 is 5.32 Å². The van der Waals surface area contributed by atoms with E-state index >= 15 is 0 Å². The smallest absolute Gasteiger partial charge is 0.189 e. The summed E-state index contributed by atoms with van der Waals surface area (Å²) in [6.45, 7) is 3.16. The van der Waals surface area contributed by atoms with Gasteiger partial charge in [0.05, 0.1) is 12.8 Å². The summed E-state index contributed by atoms with van der Waals surface area (Å²) >= 11 is 1.31. The summed E-state index contributed by atoms with van der Waals surface area (Å²) in [5, 5.41) is 12.7. The molecule has 3 rings (SSSR count). The standard InChI is InChI=1S/C20H21N5OS/c1-26-10-9-25(14-16-5-3-2-4-6-16)15-17-7-8-22-19(11-17)24-20-23-13-18(12-21)27-20/h2-8,11,13H,9-10,14-15H2,1H3,(H,22,23,24). The molecule has 0 bridgehead atoms. The van der Waals surface area contributed by atoms with Crippen molar-refractivity contribution in [2.24, 2.45) is 0 Å². The molecule has 0 amide bonds. The van der Waals surface area contributed by atoms with Crippen LogP contribution >= 0.6 is 11.3 Å². The van der Waals surface area contributed by atoms with Gasteiger partial charge in [0.1, 0.15) is 16.8 Å². The molecule has 2 heterocycles. The maximum Gasteiger partial charge on any atom is 0.189 e. The molecule has 0 aliphatic carbocycles. The minimum atomic E-state index is 0.572. The Kier molecular flexibility index (Phi) is 6.88. The van der Waals surface area contributed by atoms with Crippen LogP contribution in [0.5, 0.6) is 0 Å². The van der Waals surface area contributed by atoms with Crippen LogP contribution in [-0.2, 0) is 17.8 Å². The van der Waals surface area contributed by atoms with Crippen molar-refractivity contribution in [2.45, 2.75) is 13.1 Å². The summed E-state index contributed by atoms with van der Waals surface area (Å²) in [6.07, 6.45) is 3.34. The summed E-state index contributed by atoms with van der Waals surface area (Å²) in [4.78, 5) is 11.5. The largest absolute Gasteiger partial charge is 0.383 e. The predicted octanol–water partition coefficient (Wildman–Crippen LogP) is 3.80. The summed E-state index contributed by atoms with van der Waals surface area (Å²) in [7, 11) is 1.72. The first-order valence-corrected chi connectivity index (χ1v) is 9.41. The topological polar surface area (TPSA) is 74.1 Å². The minimum absolute atomic E-state index is 0.572. The molecule has 0 saturated heterocycles. The van der Waals surface area contributed by atoms with Gasteiger partial charge in [-0.1, -0.05) is 41.7 Å². The number of anilines is 2. The first-order valence-electron chi connectivity index (χ1n) is 8.60. The van der Waals surface area contributed by atoms with Gasteiger partial charge in [-0.05, 0) is 23.3 Å². The number of aromatic nitrogens is 2. The van der Waals surface area contributed by atoms with Gasteiger partial charge in [-0.3, -0.25) is 4.90 Å². The molecule has 1 aromatic carbocycles. The number of thiazole rings is 1. The van der Waals surface area contributed by atoms with Crippen molar-refractivity contribution in [3.05, 3.63) is 70.9 Å². The normalized spacial score (nSPS) is 10.7. The summed E-state index contributed by atoms with van der Waals surface area (Å²) < 4.78 is 5.26. The van der Waals surface area contributed by atoms with Crippen molar-refractivity contribution >= 4 is 22.3 Å². The quantitative estimate of drug-likeness (QED) is 0.609. The molecular formula is C20H21N5OS. The second-order valence-electron chi connectivity index (χ2n) is 6.00. The number of nitrogens with one attached hydrogen (secondary N) is 1. The molecule has 0 saturated carbocycles. The fourth-order valence-electron chi connectivity index (χ4n) is 2.67. The van der Waals surface area contributed by atoms with Crippen molar-refractivity contribution < 1.29 is 4.74 Å². The monoisotopic (exact) mass is 379 g/mol. The van der Waals surface area contributed by atoms with Gasteiger partial charge in [-0.15, -0.1) is 0 Å². The molecule has 0 spiro atoms. The third-order valence-electron chi connectivity index (χ3n) is 3.94. The minimum Gasteiger partial charge on any atom is -0.383 e. The molecular weight excluding hydrogens is 358 g/mol. The SMILES string of the molecule is COCCN(Cc1ccccc1)Cc1ccnc(Nc2ncc(C#N)s2)c1. The number of nitrogens with zero attached hydrogens (tertiary/aromatic N) is 4. The van der Waals surface area contributed by atoms with E-state index < -0.39 is 0 Å². The number of hydrogen-bond donors (Lipinski definition) is 1. The van der Waals surface area contributed by atoms with E-state index in [4.69, 9.17) is 10.00 Å². The summed E-state index contributed by atoms with van der Waals surface area (Å²) in [6, 6.07) is 16.5. The lowest BCUT2D eigenvalue weighted by Gasteiger charge is -2.22. The number of methoxy groups -OCH3 is 1. The van der Waals surface area contributed by atoms with Gasteiger partial charge >= 0.3 is 0 Å². The molecule has 7 heteroatoms. The third-order valence-corrected chi connectivity index (χ3v) is 4.76. The molecule has 0 aliphatic heterocycles. The van der Waals surface area contributed by atoms with Crippen LogP contribution in [0, 0.1) is 11.3 Å². The van der Waals surface area contributed by atoms with E-state index in [9.17, 15) is 0 Å². The lowest BCUT2D eigenvalue weighted by atomic mass is 10.2. The fraction of sp³-hybridized carbons (Fsp3) is 0.250. The van der Waals surface area contributed by atoms with Crippen molar-refractivity contribution in [3.8, 4) is 6.07 Å². The van der Waals surface area contributed by atoms with Gasteiger partial charge in [-0.25, -0.2) is 9.97 Å². The molecule has 6 nitrogen and oxygen atoms in total. The number of benzene rings is 1. The Morgan fingerprint density at radius 2 is 1.96 bits per heavy atom. The zero-order valence-electron chi connectivity index (χ0n) is 15.1. The maximum absolute atomic E-state index is 8.91. The first-order chi connectivity index (χ1) is 13.3. The Morgan fingerprint density at radius 1 is 1.15 bits per heavy atom. The van der Waals surface area contributed by atoms with Crippen LogP contribution in [-0.4, -0.2) is 35.1 Å². The van der Waals surface area contributed by atoms with E-state index in [0.29, 0.717) is 16.6 Å². The van der Waals surface area contributed by atoms with Gasteiger partial charge < -0.3 is 10.1 Å². The summed E-state index contributed by atoms with van der Waals surface area (Å²) in [5.74, 6) is 0.720. The van der Waals surface area contributed by atoms with Gasteiger partial charge in [0.25, 0.3) is 0 Å². The Hall–Kier alpha value is -2.79. The van der Waals surface area contributed by atoms with E-state index in [2.05, 4.69) is 50.5 Å². The Bertz CT molecular complexity index is 891. The highest BCUT2D eigenvalue weighted by Gasteiger charge is 2.09. The third kappa shape index (κ3) is 5.86. The van der Waals surface area contributed by atoms with Crippen molar-refractivity contribution in [1.82, 2.24) is 14.9 Å². The molecule has 0 fully saturated rings. The maximum atomic E-state index is 8.91. The molecule has 2 aromatic heterocycles. The molecule has 27 heavy (non-hydrogen) atoms. The molecule has 3 aromatic rings. The highest BCUT2D eigenvalue weighted by Crippen LogP contribution is 2.21. The number of nitriles is 1. The highest BCUT2D eigenvalue weighted by molar-refractivity contribution is 7.16. The predicted molar refractivity (Wildman–Crippen MR) is 107 cm³/mol. The molecule has 0 radical (unpaired) electrons. The van der Waals surface area contributed by atoms with E-state index in [-0.39, 0.29) is 0 Å². The Labute approximate surface area is 163 Å². The van der Waals surface area contributed by atoms with Crippen molar-refractivity contribution in [3.63, 3.8) is 0 Å². The van der Waals surface area contributed by atoms with Crippen LogP contribution in [0.25, 0.3) is 0 Å². The summed E-state index contributed by atoms with van der Waals surface area (Å²) in [5.41, 5.74) is 2.42. The van der Waals surface area contributed by atoms with E-state index in [1.807, 2.05) is 18.2 Å². The van der Waals surface area contributed by atoms with Crippen molar-refractivity contribution in [1.29, 1.82) is 5.26 Å². The van der Waals surface area contributed by atoms with Crippen LogP contribution in [0.1, 0.15) is 16.0 Å². The second-order valence-corrected chi connectivity index (χ2v) is 7.04. The van der Waals surface area contributed by atoms with Crippen LogP contribution in [0.2, 0.25) is 0 Å². The van der Waals surface area contributed by atoms with Crippen LogP contribution in [0.3, 0.4) is 0 Å². The number of pyridine rings is 1. The van der Waals surface area contributed by atoms with Crippen LogP contribution in [0.15, 0.2) is 54.9 Å². The Balaban J connectivity index is 1.68. The first kappa shape index (κ1) is 19.0. The van der Waals surface area contributed by atoms with E-state index in [1.54, 1.807) is 19.5 Å². The van der Waals surface area contributed by atoms with Crippen molar-refractivity contribution in [2.75, 3.05) is 25.6 Å². The lowest BCUT2D eigenvalue weighted by Crippen LogP contribution is -2.26. The molecule has 0 atom stereocenters. The van der Waals surface area contributed by atoms with Gasteiger partial charge in [0.15, 0.2) is 5.13 Å².